The number of likely N-dealkylation sites (tertiary alicyclic amines) is 2. The third-order valence-corrected chi connectivity index (χ3v) is 16.5. The number of hydrogen-bond acceptors (Lipinski definition) is 19. The molecule has 2 saturated heterocycles. The van der Waals surface area contributed by atoms with E-state index in [1.807, 2.05) is 156 Å². The van der Waals surface area contributed by atoms with Crippen LogP contribution in [-0.2, 0) is 57.2 Å². The number of hydrogen-bond donors (Lipinski definition) is 6. The average molecular weight is 1250 g/mol. The first-order chi connectivity index (χ1) is 41.0. The molecule has 7 N–H and O–H groups in total. The van der Waals surface area contributed by atoms with Gasteiger partial charge in [-0.15, -0.1) is 22.7 Å². The number of ether oxygens (including phenoxy) is 6. The van der Waals surface area contributed by atoms with Crippen LogP contribution in [0.25, 0.3) is 20.9 Å². The summed E-state index contributed by atoms with van der Waals surface area (Å²) in [7, 11) is 0. The minimum absolute atomic E-state index is 0.0376. The molecule has 0 unspecified atom stereocenters. The number of ketones is 1. The van der Waals surface area contributed by atoms with Gasteiger partial charge in [0.25, 0.3) is 0 Å². The van der Waals surface area contributed by atoms with Crippen LogP contribution in [0.2, 0.25) is 0 Å². The highest BCUT2D eigenvalue weighted by atomic mass is 32.1. The summed E-state index contributed by atoms with van der Waals surface area (Å²) in [5.74, 6) is -2.62. The van der Waals surface area contributed by atoms with E-state index in [4.69, 9.17) is 39.3 Å². The molecule has 0 saturated carbocycles. The maximum absolute atomic E-state index is 13.8. The van der Waals surface area contributed by atoms with E-state index >= 15 is 0 Å². The summed E-state index contributed by atoms with van der Waals surface area (Å²) in [4.78, 5) is 89.9. The van der Waals surface area contributed by atoms with Crippen LogP contribution in [-0.4, -0.2) is 185 Å². The zero-order chi connectivity index (χ0) is 64.8. The SMILES string of the molecule is CCOC(COCC(=O)N[C@H](C(=O)N1C[C@H](O)C[C@H]1C(=O)C[C@@H](C)c1ccc(-c2scnc2C)cc1)C(C)(C)C)OCC.CCOC(COCC(=O)O)OCC.Cc1ncsc1-c1ccc([C@H](C)NC(=O)[C@@H]2C[C@@H](O)CN2C(=O)[C@@H](N)C(C)(C)C)cc1. The molecule has 2 fully saturated rings. The molecule has 22 nitrogen and oxygen atoms in total. The fourth-order valence-electron chi connectivity index (χ4n) is 9.75. The summed E-state index contributed by atoms with van der Waals surface area (Å²) < 4.78 is 31.4. The van der Waals surface area contributed by atoms with Crippen molar-refractivity contribution in [1.29, 1.82) is 0 Å². The lowest BCUT2D eigenvalue weighted by Gasteiger charge is -2.35. The van der Waals surface area contributed by atoms with Crippen LogP contribution < -0.4 is 16.4 Å². The van der Waals surface area contributed by atoms with Crippen molar-refractivity contribution in [2.75, 3.05) is 65.9 Å². The van der Waals surface area contributed by atoms with E-state index in [-0.39, 0.29) is 88.3 Å². The standard InChI is InChI=1S/C32H47N3O7S.C23H32N4O3S.C8H16O5/c1-8-41-28(42-9-2)18-40-17-27(38)34-30(32(5,6)7)31(39)35-16-24(36)15-25(35)26(37)14-20(3)22-10-12-23(13-11-22)29-21(4)33-19-43-29;1-13(15-6-8-16(9-7-15)19-14(2)25-12-31-19)26-21(29)18-10-17(28)11-27(18)22(30)20(24)23(3,4)5;1-3-12-8(13-4-2)6-11-5-7(9)10/h10-13,19-20,24-25,28,30,36H,8-9,14-18H2,1-7H3,(H,34,38);6-9,12-13,17-18,20,28H,10-11,24H2,1-5H3,(H,26,29);8H,3-6H2,1-2H3,(H,9,10)/t20-,24-,25+,30-;13-,17+,18-,20+;/m10./s1. The lowest BCUT2D eigenvalue weighted by molar-refractivity contribution is -0.173. The quantitative estimate of drug-likeness (QED) is 0.0306. The number of carbonyl (C=O) groups excluding carboxylic acids is 5. The van der Waals surface area contributed by atoms with Gasteiger partial charge in [-0.3, -0.25) is 24.0 Å². The Bertz CT molecular complexity index is 2770. The van der Waals surface area contributed by atoms with E-state index in [1.54, 1.807) is 22.7 Å². The summed E-state index contributed by atoms with van der Waals surface area (Å²) in [6.07, 6.45) is -1.98. The molecule has 0 bridgehead atoms. The van der Waals surface area contributed by atoms with Crippen LogP contribution >= 0.6 is 22.7 Å². The molecule has 4 amide bonds. The molecule has 4 heterocycles. The Morgan fingerprint density at radius 2 is 1.08 bits per heavy atom. The van der Waals surface area contributed by atoms with Crippen LogP contribution in [0, 0.1) is 24.7 Å². The number of carbonyl (C=O) groups is 6. The van der Waals surface area contributed by atoms with Gasteiger partial charge in [-0.25, -0.2) is 14.8 Å². The highest BCUT2D eigenvalue weighted by Crippen LogP contribution is 2.33. The van der Waals surface area contributed by atoms with Crippen molar-refractivity contribution in [3.05, 3.63) is 82.1 Å². The maximum atomic E-state index is 13.8. The second-order valence-electron chi connectivity index (χ2n) is 23.7. The Balaban J connectivity index is 0.000000319. The topological polar surface area (TPSA) is 301 Å². The van der Waals surface area contributed by atoms with Crippen LogP contribution in [0.15, 0.2) is 59.6 Å². The van der Waals surface area contributed by atoms with Gasteiger partial charge in [0.15, 0.2) is 18.4 Å². The molecule has 8 atom stereocenters. The maximum Gasteiger partial charge on any atom is 0.329 e. The first kappa shape index (κ1) is 73.8. The number of aryl methyl sites for hydroxylation is 2. The molecule has 4 aromatic rings. The number of carboxylic acid groups (broad SMARTS) is 1. The normalized spacial score (nSPS) is 18.3. The number of aromatic nitrogens is 2. The molecule has 0 aliphatic carbocycles. The number of Topliss-reactive ketones (excluding diaryl/α,β-unsaturated/α-hetero) is 1. The lowest BCUT2D eigenvalue weighted by atomic mass is 9.85. The molecule has 24 heteroatoms. The third kappa shape index (κ3) is 23.0. The number of β-amino-alcohol motifs (C(OH)–C–C–N with tert-alkyl or cyclic N) is 2. The number of amides is 4. The van der Waals surface area contributed by atoms with Crippen molar-refractivity contribution in [1.82, 2.24) is 30.4 Å². The Morgan fingerprint density at radius 3 is 1.49 bits per heavy atom. The number of aliphatic hydroxyl groups is 2. The zero-order valence-corrected chi connectivity index (χ0v) is 54.8. The number of nitrogens with one attached hydrogen (secondary N) is 2. The number of rotatable bonds is 28. The largest absolute Gasteiger partial charge is 0.480 e. The van der Waals surface area contributed by atoms with E-state index in [9.17, 15) is 39.0 Å². The van der Waals surface area contributed by atoms with Crippen molar-refractivity contribution in [2.24, 2.45) is 16.6 Å². The van der Waals surface area contributed by atoms with Crippen LogP contribution in [0.1, 0.15) is 137 Å². The van der Waals surface area contributed by atoms with Crippen LogP contribution in [0.4, 0.5) is 0 Å². The fraction of sp³-hybridized carbons (Fsp3) is 0.619. The number of nitrogens with two attached hydrogens (primary N) is 1. The van der Waals surface area contributed by atoms with Gasteiger partial charge in [-0.1, -0.05) is 97.0 Å². The summed E-state index contributed by atoms with van der Waals surface area (Å²) in [6, 6.07) is 12.8. The molecule has 0 spiro atoms. The van der Waals surface area contributed by atoms with E-state index in [0.29, 0.717) is 26.4 Å². The lowest BCUT2D eigenvalue weighted by Crippen LogP contribution is -2.57. The van der Waals surface area contributed by atoms with E-state index in [2.05, 4.69) is 20.6 Å². The minimum atomic E-state index is -0.994. The van der Waals surface area contributed by atoms with E-state index < -0.39 is 77.6 Å². The van der Waals surface area contributed by atoms with Gasteiger partial charge in [-0.05, 0) is 87.5 Å². The van der Waals surface area contributed by atoms with Gasteiger partial charge in [0.2, 0.25) is 23.6 Å². The highest BCUT2D eigenvalue weighted by molar-refractivity contribution is 7.13. The number of carboxylic acids is 1. The van der Waals surface area contributed by atoms with Crippen LogP contribution in [0.5, 0.6) is 0 Å². The number of aliphatic carboxylic acids is 1. The molecule has 87 heavy (non-hydrogen) atoms. The summed E-state index contributed by atoms with van der Waals surface area (Å²) >= 11 is 3.19. The Morgan fingerprint density at radius 1 is 0.644 bits per heavy atom. The first-order valence-electron chi connectivity index (χ1n) is 29.7. The highest BCUT2D eigenvalue weighted by Gasteiger charge is 2.45. The average Bonchev–Trinajstić information content (AvgIpc) is 3.06. The van der Waals surface area contributed by atoms with Crippen molar-refractivity contribution in [3.8, 4) is 20.9 Å². The second-order valence-corrected chi connectivity index (χ2v) is 25.4. The van der Waals surface area contributed by atoms with Gasteiger partial charge in [-0.2, -0.15) is 0 Å². The van der Waals surface area contributed by atoms with Gasteiger partial charge < -0.3 is 69.9 Å². The fourth-order valence-corrected chi connectivity index (χ4v) is 11.4. The Labute approximate surface area is 521 Å². The smallest absolute Gasteiger partial charge is 0.329 e. The van der Waals surface area contributed by atoms with Gasteiger partial charge in [0, 0.05) is 58.8 Å². The molecular formula is C63H95N7O15S2. The monoisotopic (exact) mass is 1250 g/mol. The minimum Gasteiger partial charge on any atom is -0.480 e. The number of aliphatic hydroxyl groups excluding tert-OH is 2. The van der Waals surface area contributed by atoms with Gasteiger partial charge in [0.05, 0.1) is 75.7 Å². The predicted molar refractivity (Wildman–Crippen MR) is 334 cm³/mol. The first-order valence-corrected chi connectivity index (χ1v) is 31.5. The van der Waals surface area contributed by atoms with Crippen molar-refractivity contribution < 1.29 is 72.5 Å². The molecule has 2 aromatic carbocycles. The Kier molecular flexibility index (Phi) is 30.1. The van der Waals surface area contributed by atoms with Gasteiger partial charge in [0.1, 0.15) is 25.3 Å². The number of nitrogens with zero attached hydrogens (tertiary/aromatic N) is 4. The molecular weight excluding hydrogens is 1160 g/mol. The second kappa shape index (κ2) is 35.5. The molecule has 2 aliphatic heterocycles. The molecule has 484 valence electrons. The van der Waals surface area contributed by atoms with Crippen molar-refractivity contribution in [2.45, 2.75) is 177 Å². The van der Waals surface area contributed by atoms with E-state index in [1.165, 1.54) is 9.80 Å². The molecule has 0 radical (unpaired) electrons. The summed E-state index contributed by atoms with van der Waals surface area (Å²) in [5.41, 5.74) is 14.8. The van der Waals surface area contributed by atoms with Crippen LogP contribution in [0.3, 0.4) is 0 Å². The summed E-state index contributed by atoms with van der Waals surface area (Å²) in [6.45, 7) is 28.1. The number of benzene rings is 2. The zero-order valence-electron chi connectivity index (χ0n) is 53.2. The van der Waals surface area contributed by atoms with E-state index in [0.717, 1.165) is 43.4 Å². The van der Waals surface area contributed by atoms with Crippen molar-refractivity contribution >= 4 is 58.1 Å². The van der Waals surface area contributed by atoms with Gasteiger partial charge >= 0.3 is 5.97 Å². The molecule has 2 aromatic heterocycles. The number of thiazole rings is 2. The molecule has 6 rings (SSSR count). The van der Waals surface area contributed by atoms with Crippen molar-refractivity contribution in [3.63, 3.8) is 0 Å². The Hall–Kier alpha value is -5.64. The summed E-state index contributed by atoms with van der Waals surface area (Å²) in [5, 5.41) is 34.7. The predicted octanol–water partition coefficient (Wildman–Crippen LogP) is 7.21. The molecule has 2 aliphatic rings. The third-order valence-electron chi connectivity index (χ3n) is 14.6.